The molecule has 0 aromatic heterocycles. The molecule has 1 spiro atoms. The van der Waals surface area contributed by atoms with Crippen molar-refractivity contribution in [2.75, 3.05) is 19.9 Å². The Labute approximate surface area is 163 Å². The molecule has 2 N–H and O–H groups in total. The zero-order valence-electron chi connectivity index (χ0n) is 16.0. The number of carbonyl (C=O) groups excluding carboxylic acids is 3. The molecule has 1 saturated carbocycles. The van der Waals surface area contributed by atoms with E-state index in [0.29, 0.717) is 25.1 Å². The molecule has 150 valence electrons. The number of imide groups is 1. The minimum atomic E-state index is -0.831. The summed E-state index contributed by atoms with van der Waals surface area (Å²) in [4.78, 5) is 38.6. The van der Waals surface area contributed by atoms with Crippen LogP contribution < -0.4 is 20.1 Å². The molecule has 1 aromatic carbocycles. The summed E-state index contributed by atoms with van der Waals surface area (Å²) in [6.07, 6.45) is 4.13. The molecule has 8 nitrogen and oxygen atoms in total. The van der Waals surface area contributed by atoms with Crippen molar-refractivity contribution in [2.45, 2.75) is 44.6 Å². The van der Waals surface area contributed by atoms with E-state index in [1.807, 2.05) is 25.1 Å². The predicted molar refractivity (Wildman–Crippen MR) is 99.9 cm³/mol. The van der Waals surface area contributed by atoms with Gasteiger partial charge in [0.05, 0.1) is 0 Å². The SMILES string of the molecule is C[C@H]1CCCC[C@]12NC(=O)N(CC(=O)NCCc1ccc3c(c1)OCO3)C2=O. The van der Waals surface area contributed by atoms with E-state index in [1.165, 1.54) is 0 Å². The topological polar surface area (TPSA) is 97.0 Å². The molecule has 2 aliphatic heterocycles. The first kappa shape index (κ1) is 18.6. The number of ether oxygens (including phenoxy) is 2. The Morgan fingerprint density at radius 3 is 2.93 bits per heavy atom. The van der Waals surface area contributed by atoms with Gasteiger partial charge in [-0.3, -0.25) is 14.5 Å². The van der Waals surface area contributed by atoms with Crippen LogP contribution in [0.3, 0.4) is 0 Å². The highest BCUT2D eigenvalue weighted by Crippen LogP contribution is 2.38. The number of hydrogen-bond acceptors (Lipinski definition) is 5. The number of urea groups is 1. The van der Waals surface area contributed by atoms with Crippen LogP contribution in [-0.4, -0.2) is 48.2 Å². The van der Waals surface area contributed by atoms with Crippen molar-refractivity contribution in [2.24, 2.45) is 5.92 Å². The highest BCUT2D eigenvalue weighted by Gasteiger charge is 2.55. The standard InChI is InChI=1S/C20H25N3O5/c1-13-4-2-3-8-20(13)18(25)23(19(26)22-20)11-17(24)21-9-7-14-5-6-15-16(10-14)28-12-27-15/h5-6,10,13H,2-4,7-9,11-12H2,1H3,(H,21,24)(H,22,26)/t13-,20-/m0/s1. The molecule has 4 amide bonds. The summed E-state index contributed by atoms with van der Waals surface area (Å²) in [7, 11) is 0. The quantitative estimate of drug-likeness (QED) is 0.748. The molecule has 2 fully saturated rings. The zero-order chi connectivity index (χ0) is 19.7. The fraction of sp³-hybridized carbons (Fsp3) is 0.550. The maximum Gasteiger partial charge on any atom is 0.325 e. The second kappa shape index (κ2) is 7.33. The molecule has 2 heterocycles. The Morgan fingerprint density at radius 2 is 2.11 bits per heavy atom. The van der Waals surface area contributed by atoms with Crippen molar-refractivity contribution < 1.29 is 23.9 Å². The third kappa shape index (κ3) is 3.27. The fourth-order valence-corrected chi connectivity index (χ4v) is 4.28. The van der Waals surface area contributed by atoms with E-state index >= 15 is 0 Å². The fourth-order valence-electron chi connectivity index (χ4n) is 4.28. The first-order chi connectivity index (χ1) is 13.5. The molecule has 0 radical (unpaired) electrons. The molecule has 1 aliphatic carbocycles. The number of amides is 4. The Hall–Kier alpha value is -2.77. The number of nitrogens with zero attached hydrogens (tertiary/aromatic N) is 1. The molecule has 2 atom stereocenters. The van der Waals surface area contributed by atoms with Crippen LogP contribution in [0.15, 0.2) is 18.2 Å². The Bertz CT molecular complexity index is 811. The van der Waals surface area contributed by atoms with Gasteiger partial charge in [-0.25, -0.2) is 4.79 Å². The molecule has 4 rings (SSSR count). The molecule has 1 aromatic rings. The van der Waals surface area contributed by atoms with Crippen molar-refractivity contribution in [3.8, 4) is 11.5 Å². The largest absolute Gasteiger partial charge is 0.454 e. The van der Waals surface area contributed by atoms with Gasteiger partial charge < -0.3 is 20.1 Å². The number of benzene rings is 1. The van der Waals surface area contributed by atoms with Crippen molar-refractivity contribution in [1.29, 1.82) is 0 Å². The number of fused-ring (bicyclic) bond motifs is 1. The van der Waals surface area contributed by atoms with Gasteiger partial charge in [0.1, 0.15) is 12.1 Å². The Balaban J connectivity index is 1.30. The molecule has 0 bridgehead atoms. The van der Waals surface area contributed by atoms with Crippen LogP contribution in [0.4, 0.5) is 4.79 Å². The molecule has 0 unspecified atom stereocenters. The smallest absolute Gasteiger partial charge is 0.325 e. The van der Waals surface area contributed by atoms with Gasteiger partial charge in [-0.1, -0.05) is 25.8 Å². The van der Waals surface area contributed by atoms with Gasteiger partial charge >= 0.3 is 6.03 Å². The summed E-state index contributed by atoms with van der Waals surface area (Å²) in [6, 6.07) is 5.19. The maximum absolute atomic E-state index is 12.9. The highest BCUT2D eigenvalue weighted by atomic mass is 16.7. The van der Waals surface area contributed by atoms with Crippen LogP contribution in [0.2, 0.25) is 0 Å². The normalized spacial score (nSPS) is 25.9. The summed E-state index contributed by atoms with van der Waals surface area (Å²) >= 11 is 0. The lowest BCUT2D eigenvalue weighted by atomic mass is 9.73. The van der Waals surface area contributed by atoms with Crippen molar-refractivity contribution in [3.05, 3.63) is 23.8 Å². The first-order valence-electron chi connectivity index (χ1n) is 9.79. The second-order valence-electron chi connectivity index (χ2n) is 7.73. The van der Waals surface area contributed by atoms with Crippen LogP contribution in [0.25, 0.3) is 0 Å². The Morgan fingerprint density at radius 1 is 1.29 bits per heavy atom. The molecule has 8 heteroatoms. The van der Waals surface area contributed by atoms with E-state index in [4.69, 9.17) is 9.47 Å². The minimum Gasteiger partial charge on any atom is -0.454 e. The lowest BCUT2D eigenvalue weighted by molar-refractivity contribution is -0.137. The van der Waals surface area contributed by atoms with E-state index in [2.05, 4.69) is 10.6 Å². The van der Waals surface area contributed by atoms with Crippen LogP contribution in [-0.2, 0) is 16.0 Å². The van der Waals surface area contributed by atoms with Gasteiger partial charge in [0, 0.05) is 6.54 Å². The van der Waals surface area contributed by atoms with Gasteiger partial charge in [0.25, 0.3) is 5.91 Å². The second-order valence-corrected chi connectivity index (χ2v) is 7.73. The van der Waals surface area contributed by atoms with Crippen molar-refractivity contribution in [1.82, 2.24) is 15.5 Å². The lowest BCUT2D eigenvalue weighted by Gasteiger charge is -2.36. The van der Waals surface area contributed by atoms with E-state index in [1.54, 1.807) is 0 Å². The highest BCUT2D eigenvalue weighted by molar-refractivity contribution is 6.09. The van der Waals surface area contributed by atoms with Crippen LogP contribution >= 0.6 is 0 Å². The van der Waals surface area contributed by atoms with Gasteiger partial charge in [-0.15, -0.1) is 0 Å². The van der Waals surface area contributed by atoms with Gasteiger partial charge in [0.2, 0.25) is 12.7 Å². The van der Waals surface area contributed by atoms with Gasteiger partial charge in [-0.2, -0.15) is 0 Å². The van der Waals surface area contributed by atoms with E-state index in [-0.39, 0.29) is 31.1 Å². The molecular weight excluding hydrogens is 362 g/mol. The van der Waals surface area contributed by atoms with Crippen LogP contribution in [0.5, 0.6) is 11.5 Å². The number of carbonyl (C=O) groups is 3. The molecular formula is C20H25N3O5. The van der Waals surface area contributed by atoms with E-state index < -0.39 is 11.6 Å². The number of rotatable bonds is 5. The van der Waals surface area contributed by atoms with Gasteiger partial charge in [0.15, 0.2) is 11.5 Å². The van der Waals surface area contributed by atoms with E-state index in [9.17, 15) is 14.4 Å². The van der Waals surface area contributed by atoms with Crippen LogP contribution in [0, 0.1) is 5.92 Å². The number of nitrogens with one attached hydrogen (secondary N) is 2. The lowest BCUT2D eigenvalue weighted by Crippen LogP contribution is -2.54. The zero-order valence-corrected chi connectivity index (χ0v) is 16.0. The van der Waals surface area contributed by atoms with Crippen molar-refractivity contribution >= 4 is 17.8 Å². The average molecular weight is 387 g/mol. The summed E-state index contributed by atoms with van der Waals surface area (Å²) < 4.78 is 10.6. The molecule has 3 aliphatic rings. The first-order valence-corrected chi connectivity index (χ1v) is 9.79. The predicted octanol–water partition coefficient (Wildman–Crippen LogP) is 1.57. The summed E-state index contributed by atoms with van der Waals surface area (Å²) in [5.41, 5.74) is 0.178. The van der Waals surface area contributed by atoms with Gasteiger partial charge in [-0.05, 0) is 42.9 Å². The Kier molecular flexibility index (Phi) is 4.87. The average Bonchev–Trinajstić information content (AvgIpc) is 3.23. The monoisotopic (exact) mass is 387 g/mol. The molecule has 1 saturated heterocycles. The third-order valence-corrected chi connectivity index (χ3v) is 5.98. The summed E-state index contributed by atoms with van der Waals surface area (Å²) in [5, 5.41) is 5.65. The maximum atomic E-state index is 12.9. The summed E-state index contributed by atoms with van der Waals surface area (Å²) in [5.74, 6) is 0.893. The summed E-state index contributed by atoms with van der Waals surface area (Å²) in [6.45, 7) is 2.37. The van der Waals surface area contributed by atoms with Crippen LogP contribution in [0.1, 0.15) is 38.2 Å². The minimum absolute atomic E-state index is 0.0803. The molecule has 28 heavy (non-hydrogen) atoms. The van der Waals surface area contributed by atoms with E-state index in [0.717, 1.165) is 35.5 Å². The number of hydrogen-bond donors (Lipinski definition) is 2. The van der Waals surface area contributed by atoms with Crippen molar-refractivity contribution in [3.63, 3.8) is 0 Å². The third-order valence-electron chi connectivity index (χ3n) is 5.98.